The molecule has 0 radical (unpaired) electrons. The fraction of sp³-hybridized carbons (Fsp3) is 0.750. The largest absolute Gasteiger partial charge is 0.444 e. The maximum absolute atomic E-state index is 11.7. The molecule has 0 aromatic heterocycles. The quantitative estimate of drug-likeness (QED) is 0.743. The van der Waals surface area contributed by atoms with Crippen molar-refractivity contribution in [3.8, 4) is 0 Å². The van der Waals surface area contributed by atoms with Gasteiger partial charge in [-0.1, -0.05) is 0 Å². The van der Waals surface area contributed by atoms with Crippen molar-refractivity contribution in [2.45, 2.75) is 38.9 Å². The Hall–Kier alpha value is -1.63. The third-order valence-electron chi connectivity index (χ3n) is 2.49. The van der Waals surface area contributed by atoms with E-state index in [1.54, 1.807) is 20.8 Å². The molecule has 0 unspecified atom stereocenters. The molecule has 19 heavy (non-hydrogen) atoms. The Morgan fingerprint density at radius 2 is 2.05 bits per heavy atom. The van der Waals surface area contributed by atoms with Crippen molar-refractivity contribution in [1.82, 2.24) is 10.2 Å². The van der Waals surface area contributed by atoms with Crippen LogP contribution in [0.3, 0.4) is 0 Å². The molecule has 7 heteroatoms. The van der Waals surface area contributed by atoms with E-state index in [1.165, 1.54) is 7.11 Å². The number of nitrogens with zero attached hydrogens (tertiary/aromatic N) is 1. The lowest BCUT2D eigenvalue weighted by molar-refractivity contribution is -0.141. The topological polar surface area (TPSA) is 84.9 Å². The number of hydrogen-bond acceptors (Lipinski definition) is 5. The van der Waals surface area contributed by atoms with Crippen molar-refractivity contribution in [3.63, 3.8) is 0 Å². The first kappa shape index (κ1) is 15.4. The first-order valence-corrected chi connectivity index (χ1v) is 6.08. The summed E-state index contributed by atoms with van der Waals surface area (Å²) < 4.78 is 9.93. The van der Waals surface area contributed by atoms with E-state index < -0.39 is 17.8 Å². The Morgan fingerprint density at radius 3 is 2.53 bits per heavy atom. The van der Waals surface area contributed by atoms with Crippen LogP contribution in [-0.4, -0.2) is 54.7 Å². The molecule has 1 N–H and O–H groups in total. The molecule has 0 bridgehead atoms. The summed E-state index contributed by atoms with van der Waals surface area (Å²) in [5.41, 5.74) is -0.579. The van der Waals surface area contributed by atoms with Gasteiger partial charge in [0.15, 0.2) is 0 Å². The summed E-state index contributed by atoms with van der Waals surface area (Å²) in [5, 5.41) is 2.49. The molecule has 0 saturated carbocycles. The predicted molar refractivity (Wildman–Crippen MR) is 66.4 cm³/mol. The fourth-order valence-corrected chi connectivity index (χ4v) is 1.66. The molecule has 0 spiro atoms. The van der Waals surface area contributed by atoms with E-state index in [4.69, 9.17) is 9.47 Å². The van der Waals surface area contributed by atoms with Crippen LogP contribution in [-0.2, 0) is 19.1 Å². The molecule has 108 valence electrons. The number of alkyl carbamates (subject to hydrolysis) is 1. The molecule has 1 aliphatic heterocycles. The average Bonchev–Trinajstić information content (AvgIpc) is 2.53. The normalized spacial score (nSPS) is 19.8. The fourth-order valence-electron chi connectivity index (χ4n) is 1.66. The molecule has 7 nitrogen and oxygen atoms in total. The number of methoxy groups -OCH3 is 1. The van der Waals surface area contributed by atoms with Crippen molar-refractivity contribution in [3.05, 3.63) is 0 Å². The highest BCUT2D eigenvalue weighted by molar-refractivity contribution is 6.05. The summed E-state index contributed by atoms with van der Waals surface area (Å²) in [7, 11) is 1.39. The van der Waals surface area contributed by atoms with Gasteiger partial charge in [-0.15, -0.1) is 0 Å². The van der Waals surface area contributed by atoms with Crippen LogP contribution < -0.4 is 5.32 Å². The minimum absolute atomic E-state index is 0.0573. The van der Waals surface area contributed by atoms with Gasteiger partial charge in [-0.25, -0.2) is 4.79 Å². The Labute approximate surface area is 112 Å². The molecule has 1 saturated heterocycles. The lowest BCUT2D eigenvalue weighted by atomic mass is 10.2. The second-order valence-electron chi connectivity index (χ2n) is 5.24. The van der Waals surface area contributed by atoms with E-state index in [-0.39, 0.29) is 31.3 Å². The van der Waals surface area contributed by atoms with E-state index >= 15 is 0 Å². The van der Waals surface area contributed by atoms with Gasteiger partial charge in [-0.05, 0) is 20.8 Å². The Balaban J connectivity index is 2.36. The van der Waals surface area contributed by atoms with Gasteiger partial charge in [0, 0.05) is 20.2 Å². The summed E-state index contributed by atoms with van der Waals surface area (Å²) in [6.45, 7) is 5.54. The molecule has 1 atom stereocenters. The molecule has 1 fully saturated rings. The molecule has 0 aromatic rings. The van der Waals surface area contributed by atoms with Crippen LogP contribution in [0.15, 0.2) is 0 Å². The third kappa shape index (κ3) is 4.51. The number of carbonyl (C=O) groups is 3. The van der Waals surface area contributed by atoms with Crippen molar-refractivity contribution < 1.29 is 23.9 Å². The second-order valence-corrected chi connectivity index (χ2v) is 5.24. The standard InChI is InChI=1S/C12H20N2O5/c1-12(2,3)19-11(17)13-5-6-14-9(15)7-8(18-4)10(14)16/h8H,5-7H2,1-4H3,(H,13,17)/t8-/m0/s1. The summed E-state index contributed by atoms with van der Waals surface area (Å²) in [6.07, 6.45) is -1.22. The highest BCUT2D eigenvalue weighted by atomic mass is 16.6. The van der Waals surface area contributed by atoms with Crippen LogP contribution in [0, 0.1) is 0 Å². The average molecular weight is 272 g/mol. The molecule has 0 aromatic carbocycles. The van der Waals surface area contributed by atoms with E-state index in [2.05, 4.69) is 5.32 Å². The van der Waals surface area contributed by atoms with Crippen LogP contribution >= 0.6 is 0 Å². The molecule has 1 heterocycles. The van der Waals surface area contributed by atoms with E-state index in [0.717, 1.165) is 4.90 Å². The van der Waals surface area contributed by atoms with Gasteiger partial charge in [-0.2, -0.15) is 0 Å². The number of rotatable bonds is 4. The highest BCUT2D eigenvalue weighted by Crippen LogP contribution is 2.14. The zero-order chi connectivity index (χ0) is 14.6. The summed E-state index contributed by atoms with van der Waals surface area (Å²) in [5.74, 6) is -0.652. The van der Waals surface area contributed by atoms with Crippen molar-refractivity contribution >= 4 is 17.9 Å². The number of ether oxygens (including phenoxy) is 2. The number of nitrogens with one attached hydrogen (secondary N) is 1. The van der Waals surface area contributed by atoms with Crippen LogP contribution in [0.4, 0.5) is 4.79 Å². The summed E-state index contributed by atoms with van der Waals surface area (Å²) in [4.78, 5) is 35.7. The van der Waals surface area contributed by atoms with Gasteiger partial charge in [0.05, 0.1) is 6.42 Å². The third-order valence-corrected chi connectivity index (χ3v) is 2.49. The van der Waals surface area contributed by atoms with Crippen LogP contribution in [0.5, 0.6) is 0 Å². The summed E-state index contributed by atoms with van der Waals surface area (Å²) >= 11 is 0. The lowest BCUT2D eigenvalue weighted by Crippen LogP contribution is -2.40. The minimum atomic E-state index is -0.700. The van der Waals surface area contributed by atoms with Crippen molar-refractivity contribution in [2.75, 3.05) is 20.2 Å². The second kappa shape index (κ2) is 6.01. The van der Waals surface area contributed by atoms with Crippen molar-refractivity contribution in [1.29, 1.82) is 0 Å². The number of imide groups is 1. The van der Waals surface area contributed by atoms with Gasteiger partial charge in [-0.3, -0.25) is 14.5 Å². The molecule has 3 amide bonds. The SMILES string of the molecule is CO[C@H]1CC(=O)N(CCNC(=O)OC(C)(C)C)C1=O. The van der Waals surface area contributed by atoms with E-state index in [9.17, 15) is 14.4 Å². The summed E-state index contributed by atoms with van der Waals surface area (Å²) in [6, 6.07) is 0. The lowest BCUT2D eigenvalue weighted by Gasteiger charge is -2.20. The first-order chi connectivity index (χ1) is 8.74. The smallest absolute Gasteiger partial charge is 0.407 e. The maximum Gasteiger partial charge on any atom is 0.407 e. The monoisotopic (exact) mass is 272 g/mol. The minimum Gasteiger partial charge on any atom is -0.444 e. The zero-order valence-electron chi connectivity index (χ0n) is 11.7. The van der Waals surface area contributed by atoms with Gasteiger partial charge >= 0.3 is 6.09 Å². The van der Waals surface area contributed by atoms with E-state index in [0.29, 0.717) is 0 Å². The van der Waals surface area contributed by atoms with Crippen molar-refractivity contribution in [2.24, 2.45) is 0 Å². The van der Waals surface area contributed by atoms with Crippen LogP contribution in [0.2, 0.25) is 0 Å². The number of likely N-dealkylation sites (tertiary alicyclic amines) is 1. The van der Waals surface area contributed by atoms with Crippen LogP contribution in [0.1, 0.15) is 27.2 Å². The number of hydrogen-bond donors (Lipinski definition) is 1. The van der Waals surface area contributed by atoms with Gasteiger partial charge < -0.3 is 14.8 Å². The maximum atomic E-state index is 11.7. The first-order valence-electron chi connectivity index (χ1n) is 6.08. The highest BCUT2D eigenvalue weighted by Gasteiger charge is 2.38. The Morgan fingerprint density at radius 1 is 1.42 bits per heavy atom. The van der Waals surface area contributed by atoms with Crippen LogP contribution in [0.25, 0.3) is 0 Å². The molecule has 0 aliphatic carbocycles. The van der Waals surface area contributed by atoms with Gasteiger partial charge in [0.25, 0.3) is 5.91 Å². The zero-order valence-corrected chi connectivity index (χ0v) is 11.7. The Kier molecular flexibility index (Phi) is 4.88. The number of carbonyl (C=O) groups excluding carboxylic acids is 3. The van der Waals surface area contributed by atoms with E-state index in [1.807, 2.05) is 0 Å². The molecular weight excluding hydrogens is 252 g/mol. The Bertz CT molecular complexity index is 375. The molecule has 1 rings (SSSR count). The molecule has 1 aliphatic rings. The molecular formula is C12H20N2O5. The van der Waals surface area contributed by atoms with Gasteiger partial charge in [0.1, 0.15) is 11.7 Å². The predicted octanol–water partition coefficient (Wildman–Crippen LogP) is 0.285. The number of amides is 3. The van der Waals surface area contributed by atoms with Gasteiger partial charge in [0.2, 0.25) is 5.91 Å².